The van der Waals surface area contributed by atoms with Crippen LogP contribution in [0.25, 0.3) is 44.1 Å². The number of fused-ring (bicyclic) bond motifs is 2. The average Bonchev–Trinajstić information content (AvgIpc) is 3.98. The molecule has 4 bridgehead atoms. The van der Waals surface area contributed by atoms with Crippen LogP contribution in [0.4, 0.5) is 0 Å². The predicted octanol–water partition coefficient (Wildman–Crippen LogP) is 13.0. The van der Waals surface area contributed by atoms with Crippen LogP contribution in [0.3, 0.4) is 0 Å². The van der Waals surface area contributed by atoms with Crippen molar-refractivity contribution in [3.05, 3.63) is 192 Å². The third-order valence-corrected chi connectivity index (χ3v) is 15.2. The van der Waals surface area contributed by atoms with E-state index < -0.39 is 5.16 Å². The van der Waals surface area contributed by atoms with Crippen LogP contribution in [0.2, 0.25) is 0 Å². The summed E-state index contributed by atoms with van der Waals surface area (Å²) in [4.78, 5) is 11.0. The number of hydrogen-bond donors (Lipinski definition) is 0. The van der Waals surface area contributed by atoms with Crippen molar-refractivity contribution < 1.29 is 17.1 Å². The smallest absolute Gasteiger partial charge is 0.0764 e. The predicted molar refractivity (Wildman–Crippen MR) is 241 cm³/mol. The van der Waals surface area contributed by atoms with Gasteiger partial charge in [0, 0.05) is 27.8 Å². The Balaban J connectivity index is 0.000000656. The summed E-state index contributed by atoms with van der Waals surface area (Å²) in [6.45, 7) is 0. The van der Waals surface area contributed by atoms with Crippen molar-refractivity contribution in [3.63, 3.8) is 0 Å². The maximum atomic E-state index is 5.52. The second-order valence-electron chi connectivity index (χ2n) is 16.6. The van der Waals surface area contributed by atoms with Crippen molar-refractivity contribution in [1.29, 1.82) is 0 Å². The van der Waals surface area contributed by atoms with Gasteiger partial charge in [-0.2, -0.15) is 6.07 Å². The van der Waals surface area contributed by atoms with E-state index in [-0.39, 0.29) is 22.5 Å². The zero-order valence-corrected chi connectivity index (χ0v) is 35.5. The Kier molecular flexibility index (Phi) is 10.7. The first-order valence-corrected chi connectivity index (χ1v) is 21.8. The van der Waals surface area contributed by atoms with Gasteiger partial charge in [-0.1, -0.05) is 120 Å². The molecule has 2 unspecified atom stereocenters. The Hall–Kier alpha value is -4.22. The van der Waals surface area contributed by atoms with Crippen LogP contribution in [-0.4, -0.2) is 16.1 Å². The molecular formula is C52H48FeN2P2-6. The Morgan fingerprint density at radius 1 is 0.579 bits per heavy atom. The molecule has 0 N–H and O–H groups in total. The van der Waals surface area contributed by atoms with Crippen LogP contribution < -0.4 is 0 Å². The second-order valence-corrected chi connectivity index (χ2v) is 17.8. The van der Waals surface area contributed by atoms with Crippen LogP contribution in [0, 0.1) is 23.7 Å². The molecule has 2 atom stereocenters. The van der Waals surface area contributed by atoms with Crippen LogP contribution in [0.15, 0.2) is 170 Å². The Labute approximate surface area is 352 Å². The molecule has 12 rings (SSSR count). The van der Waals surface area contributed by atoms with Crippen LogP contribution in [-0.2, 0) is 27.6 Å². The van der Waals surface area contributed by atoms with Crippen molar-refractivity contribution in [1.82, 2.24) is 9.97 Å². The fourth-order valence-corrected chi connectivity index (χ4v) is 12.7. The summed E-state index contributed by atoms with van der Waals surface area (Å²) in [7, 11) is 6.70. The number of rotatable bonds is 7. The molecule has 6 aromatic carbocycles. The molecule has 4 fully saturated rings. The zero-order valence-electron chi connectivity index (χ0n) is 32.1. The normalized spacial score (nSPS) is 22.2. The molecule has 290 valence electrons. The van der Waals surface area contributed by atoms with Gasteiger partial charge in [0.05, 0.1) is 27.6 Å². The molecule has 0 saturated heterocycles. The molecule has 4 aliphatic carbocycles. The molecule has 4 aliphatic rings. The van der Waals surface area contributed by atoms with E-state index in [1.807, 2.05) is 30.3 Å². The first-order valence-electron chi connectivity index (χ1n) is 20.4. The Bertz CT molecular complexity index is 2490. The van der Waals surface area contributed by atoms with E-state index in [0.717, 1.165) is 51.2 Å². The van der Waals surface area contributed by atoms with Crippen LogP contribution in [0.5, 0.6) is 0 Å². The summed E-state index contributed by atoms with van der Waals surface area (Å²) in [5.74, 6) is 3.05. The zero-order chi connectivity index (χ0) is 37.7. The SMILES string of the molecule is PCC1([c-]2c(C(P)(c3ccc4ccccc4n3)c3ccc4ccccc4n3)cc(-c3ccccc3)c2-c2ccccc2)C2CC3CC(C2)CC1C3.[Fe].[cH-]1[cH-][cH-][cH-][cH-]1. The topological polar surface area (TPSA) is 25.8 Å². The maximum absolute atomic E-state index is 5.52. The van der Waals surface area contributed by atoms with Gasteiger partial charge in [0.2, 0.25) is 0 Å². The summed E-state index contributed by atoms with van der Waals surface area (Å²) < 4.78 is 0. The van der Waals surface area contributed by atoms with E-state index in [1.165, 1.54) is 65.5 Å². The number of para-hydroxylation sites is 2. The molecular weight excluding hydrogens is 770 g/mol. The van der Waals surface area contributed by atoms with E-state index in [0.29, 0.717) is 11.8 Å². The molecule has 0 amide bonds. The fourth-order valence-electron chi connectivity index (χ4n) is 11.3. The third-order valence-electron chi connectivity index (χ3n) is 13.6. The summed E-state index contributed by atoms with van der Waals surface area (Å²) in [5, 5.41) is 1.60. The van der Waals surface area contributed by atoms with Gasteiger partial charge >= 0.3 is 0 Å². The monoisotopic (exact) mass is 818 g/mol. The van der Waals surface area contributed by atoms with Gasteiger partial charge < -0.3 is 30.3 Å². The Morgan fingerprint density at radius 3 is 1.53 bits per heavy atom. The van der Waals surface area contributed by atoms with Gasteiger partial charge in [-0.25, -0.2) is 0 Å². The molecule has 57 heavy (non-hydrogen) atoms. The molecule has 2 nitrogen and oxygen atoms in total. The van der Waals surface area contributed by atoms with Crippen molar-refractivity contribution in [2.24, 2.45) is 23.7 Å². The van der Waals surface area contributed by atoms with Gasteiger partial charge in [0.25, 0.3) is 0 Å². The molecule has 2 heterocycles. The molecule has 0 radical (unpaired) electrons. The molecule has 4 saturated carbocycles. The molecule has 0 aliphatic heterocycles. The van der Waals surface area contributed by atoms with E-state index >= 15 is 0 Å². The van der Waals surface area contributed by atoms with Gasteiger partial charge in [-0.15, -0.1) is 40.7 Å². The summed E-state index contributed by atoms with van der Waals surface area (Å²) in [6.07, 6.45) is 7.86. The summed E-state index contributed by atoms with van der Waals surface area (Å²) >= 11 is 0. The van der Waals surface area contributed by atoms with Crippen molar-refractivity contribution >= 4 is 40.3 Å². The van der Waals surface area contributed by atoms with E-state index in [2.05, 4.69) is 158 Å². The largest absolute Gasteiger partial charge is 0.748 e. The number of aromatic nitrogens is 2. The van der Waals surface area contributed by atoms with E-state index in [1.54, 1.807) is 0 Å². The van der Waals surface area contributed by atoms with E-state index in [4.69, 9.17) is 9.97 Å². The summed E-state index contributed by atoms with van der Waals surface area (Å²) in [6, 6.07) is 61.0. The molecule has 2 aromatic heterocycles. The quantitative estimate of drug-likeness (QED) is 0.0909. The minimum absolute atomic E-state index is 0. The number of pyridine rings is 2. The van der Waals surface area contributed by atoms with E-state index in [9.17, 15) is 0 Å². The second kappa shape index (κ2) is 15.9. The standard InChI is InChI=1S/C47H43N2P2.C5H5.Fe/c50-29-46(36-24-30-23-31(26-36)27-37(46)25-30)45-39(28-38(32-11-3-1-4-12-32)44(45)35-15-5-2-6-16-35)47(51,42-21-19-33-13-7-9-17-40(33)48-42)43-22-20-34-14-8-10-18-41(34)49-43;1-2-4-5-3-1;/h1-22,28,30-31,36-37H,23-27,29,50-51H2;1-5H;/q-1;-5;. The van der Waals surface area contributed by atoms with Crippen LogP contribution in [0.1, 0.15) is 54.6 Å². The van der Waals surface area contributed by atoms with Crippen molar-refractivity contribution in [2.75, 3.05) is 6.16 Å². The number of hydrogen-bond acceptors (Lipinski definition) is 2. The third kappa shape index (κ3) is 6.57. The number of nitrogens with zero attached hydrogens (tertiary/aromatic N) is 2. The summed E-state index contributed by atoms with van der Waals surface area (Å²) in [5.41, 5.74) is 12.2. The van der Waals surface area contributed by atoms with Gasteiger partial charge in [-0.05, 0) is 91.6 Å². The van der Waals surface area contributed by atoms with Crippen molar-refractivity contribution in [3.8, 4) is 22.3 Å². The minimum Gasteiger partial charge on any atom is -0.748 e. The molecule has 0 spiro atoms. The molecule has 8 aromatic rings. The molecule has 5 heteroatoms. The first kappa shape index (κ1) is 38.3. The fraction of sp³-hybridized carbons (Fsp3) is 0.231. The maximum Gasteiger partial charge on any atom is 0.0764 e. The van der Waals surface area contributed by atoms with Gasteiger partial charge in [0.1, 0.15) is 0 Å². The van der Waals surface area contributed by atoms with Gasteiger partial charge in [-0.3, -0.25) is 9.97 Å². The average molecular weight is 819 g/mol. The van der Waals surface area contributed by atoms with Gasteiger partial charge in [0.15, 0.2) is 0 Å². The minimum atomic E-state index is -0.707. The van der Waals surface area contributed by atoms with Crippen LogP contribution >= 0.6 is 18.5 Å². The Morgan fingerprint density at radius 2 is 1.04 bits per heavy atom. The first-order chi connectivity index (χ1) is 27.6. The number of benzene rings is 4. The van der Waals surface area contributed by atoms with Crippen molar-refractivity contribution in [2.45, 2.75) is 42.7 Å².